The number of hydrogen-bond donors (Lipinski definition) is 0. The average Bonchev–Trinajstić information content (AvgIpc) is 2.89. The molecule has 4 aromatic carbocycles. The van der Waals surface area contributed by atoms with E-state index in [1.54, 1.807) is 0 Å². The predicted octanol–water partition coefficient (Wildman–Crippen LogP) is 2.52. The maximum atomic E-state index is 8.49. The molecule has 36 heavy (non-hydrogen) atoms. The summed E-state index contributed by atoms with van der Waals surface area (Å²) in [6, 6.07) is 45.3. The van der Waals surface area contributed by atoms with Crippen molar-refractivity contribution >= 4 is 0 Å². The van der Waals surface area contributed by atoms with Crippen LogP contribution in [0.15, 0.2) is 127 Å². The molecular weight excluding hydrogens is 474 g/mol. The molecule has 180 valence electrons. The van der Waals surface area contributed by atoms with E-state index < -0.39 is 10.2 Å². The summed E-state index contributed by atoms with van der Waals surface area (Å²) in [4.78, 5) is 0. The molecule has 0 saturated heterocycles. The SMILES string of the molecule is Cc1ccc(-[n+]2c(-c3ccccc3)cc(-c3ccccc3)cc2-c2ccccc2)cc1.[O-][Cl+3]([O-])([O-])[O-]. The van der Waals surface area contributed by atoms with Crippen molar-refractivity contribution in [2.45, 2.75) is 6.92 Å². The Hall–Kier alpha value is -3.84. The highest BCUT2D eigenvalue weighted by atomic mass is 35.7. The first-order chi connectivity index (χ1) is 17.3. The van der Waals surface area contributed by atoms with Crippen LogP contribution >= 0.6 is 0 Å². The van der Waals surface area contributed by atoms with Crippen LogP contribution in [0.25, 0.3) is 39.3 Å². The van der Waals surface area contributed by atoms with Crippen LogP contribution in [0, 0.1) is 17.2 Å². The quantitative estimate of drug-likeness (QED) is 0.356. The summed E-state index contributed by atoms with van der Waals surface area (Å²) >= 11 is 0. The summed E-state index contributed by atoms with van der Waals surface area (Å²) in [5.41, 5.74) is 9.57. The zero-order valence-corrected chi connectivity index (χ0v) is 20.3. The van der Waals surface area contributed by atoms with Gasteiger partial charge >= 0.3 is 0 Å². The summed E-state index contributed by atoms with van der Waals surface area (Å²) in [6.45, 7) is 2.13. The van der Waals surface area contributed by atoms with Crippen LogP contribution in [0.3, 0.4) is 0 Å². The van der Waals surface area contributed by atoms with Crippen molar-refractivity contribution in [3.8, 4) is 39.3 Å². The lowest BCUT2D eigenvalue weighted by Crippen LogP contribution is -2.68. The van der Waals surface area contributed by atoms with E-state index in [4.69, 9.17) is 18.6 Å². The molecule has 0 aliphatic carbocycles. The normalized spacial score (nSPS) is 10.9. The largest absolute Gasteiger partial charge is 0.222 e. The molecule has 0 aliphatic rings. The fourth-order valence-electron chi connectivity index (χ4n) is 4.01. The molecule has 5 rings (SSSR count). The van der Waals surface area contributed by atoms with Crippen LogP contribution in [0.4, 0.5) is 0 Å². The van der Waals surface area contributed by atoms with E-state index in [1.165, 1.54) is 39.2 Å². The zero-order valence-electron chi connectivity index (χ0n) is 19.6. The standard InChI is InChI=1S/C30H24N.ClHO4/c1-23-17-19-28(20-18-23)31-29(25-13-7-3-8-14-25)21-27(24-11-5-2-6-12-24)22-30(31)26-15-9-4-10-16-26;2-1(3,4)5/h2-22H,1H3;(H,2,3,4,5)/q+1;/p-1. The number of aromatic nitrogens is 1. The van der Waals surface area contributed by atoms with Crippen molar-refractivity contribution < 1.29 is 33.4 Å². The van der Waals surface area contributed by atoms with Gasteiger partial charge in [0.1, 0.15) is 0 Å². The Labute approximate surface area is 212 Å². The van der Waals surface area contributed by atoms with Crippen molar-refractivity contribution in [2.75, 3.05) is 0 Å². The summed E-state index contributed by atoms with van der Waals surface area (Å²) in [6.07, 6.45) is 0. The molecule has 5 nitrogen and oxygen atoms in total. The first-order valence-electron chi connectivity index (χ1n) is 11.2. The van der Waals surface area contributed by atoms with E-state index in [9.17, 15) is 0 Å². The van der Waals surface area contributed by atoms with Gasteiger partial charge in [-0.2, -0.15) is 4.57 Å². The molecule has 0 radical (unpaired) electrons. The fraction of sp³-hybridized carbons (Fsp3) is 0.0333. The van der Waals surface area contributed by atoms with Crippen molar-refractivity contribution in [1.29, 1.82) is 0 Å². The topological polar surface area (TPSA) is 96.1 Å². The Bertz CT molecular complexity index is 1340. The number of pyridine rings is 1. The summed E-state index contributed by atoms with van der Waals surface area (Å²) in [7, 11) is -4.94. The highest BCUT2D eigenvalue weighted by Gasteiger charge is 2.24. The van der Waals surface area contributed by atoms with Crippen LogP contribution in [0.2, 0.25) is 0 Å². The Kier molecular flexibility index (Phi) is 7.90. The van der Waals surface area contributed by atoms with Gasteiger partial charge in [0.15, 0.2) is 0 Å². The van der Waals surface area contributed by atoms with E-state index in [1.807, 2.05) is 0 Å². The van der Waals surface area contributed by atoms with Gasteiger partial charge in [0.2, 0.25) is 17.1 Å². The van der Waals surface area contributed by atoms with Crippen molar-refractivity contribution in [3.05, 3.63) is 133 Å². The van der Waals surface area contributed by atoms with Crippen LogP contribution in [0.5, 0.6) is 0 Å². The number of hydrogen-bond acceptors (Lipinski definition) is 4. The molecule has 0 aliphatic heterocycles. The predicted molar refractivity (Wildman–Crippen MR) is 129 cm³/mol. The van der Waals surface area contributed by atoms with E-state index in [2.05, 4.69) is 139 Å². The van der Waals surface area contributed by atoms with Gasteiger partial charge in [0.25, 0.3) is 0 Å². The second-order valence-corrected chi connectivity index (χ2v) is 8.92. The van der Waals surface area contributed by atoms with Crippen LogP contribution in [0.1, 0.15) is 5.56 Å². The first-order valence-corrected chi connectivity index (χ1v) is 12.5. The first kappa shape index (κ1) is 25.3. The minimum Gasteiger partial charge on any atom is -0.222 e. The average molecular weight is 498 g/mol. The van der Waals surface area contributed by atoms with Gasteiger partial charge in [-0.25, -0.2) is 18.6 Å². The second kappa shape index (κ2) is 11.3. The third-order valence-electron chi connectivity index (χ3n) is 5.60. The second-order valence-electron chi connectivity index (χ2n) is 8.16. The highest BCUT2D eigenvalue weighted by Crippen LogP contribution is 2.30. The summed E-state index contributed by atoms with van der Waals surface area (Å²) < 4.78 is 36.3. The summed E-state index contributed by atoms with van der Waals surface area (Å²) in [5.74, 6) is 0. The molecule has 1 aromatic heterocycles. The fourth-order valence-corrected chi connectivity index (χ4v) is 4.01. The van der Waals surface area contributed by atoms with Gasteiger partial charge < -0.3 is 0 Å². The van der Waals surface area contributed by atoms with Gasteiger partial charge in [-0.15, -0.1) is 10.2 Å². The number of benzene rings is 4. The minimum absolute atomic E-state index is 1.16. The van der Waals surface area contributed by atoms with Gasteiger partial charge in [-0.3, -0.25) is 0 Å². The van der Waals surface area contributed by atoms with Crippen LogP contribution in [-0.2, 0) is 0 Å². The van der Waals surface area contributed by atoms with E-state index >= 15 is 0 Å². The zero-order chi connectivity index (χ0) is 25.5. The monoisotopic (exact) mass is 497 g/mol. The minimum atomic E-state index is -4.94. The number of aryl methyl sites for hydroxylation is 1. The molecule has 5 aromatic rings. The van der Waals surface area contributed by atoms with Crippen LogP contribution in [-0.4, -0.2) is 0 Å². The van der Waals surface area contributed by atoms with Crippen molar-refractivity contribution in [3.63, 3.8) is 0 Å². The Morgan fingerprint density at radius 1 is 0.472 bits per heavy atom. The molecule has 0 N–H and O–H groups in total. The Balaban J connectivity index is 0.000000556. The molecule has 0 bridgehead atoms. The highest BCUT2D eigenvalue weighted by molar-refractivity contribution is 5.74. The molecule has 0 amide bonds. The van der Waals surface area contributed by atoms with E-state index in [-0.39, 0.29) is 0 Å². The maximum Gasteiger partial charge on any atom is 0.219 e. The van der Waals surface area contributed by atoms with E-state index in [0.717, 1.165) is 5.69 Å². The molecule has 0 spiro atoms. The lowest BCUT2D eigenvalue weighted by Gasteiger charge is -2.17. The molecule has 1 heterocycles. The molecule has 6 heteroatoms. The van der Waals surface area contributed by atoms with Gasteiger partial charge in [0.05, 0.1) is 0 Å². The van der Waals surface area contributed by atoms with Gasteiger partial charge in [0, 0.05) is 35.4 Å². The third-order valence-corrected chi connectivity index (χ3v) is 5.60. The van der Waals surface area contributed by atoms with Gasteiger partial charge in [-0.1, -0.05) is 84.4 Å². The number of rotatable bonds is 4. The molecular formula is C30H24ClNO4. The number of halogens is 1. The lowest BCUT2D eigenvalue weighted by atomic mass is 9.98. The smallest absolute Gasteiger partial charge is 0.219 e. The molecule has 0 unspecified atom stereocenters. The maximum absolute atomic E-state index is 8.49. The number of nitrogens with zero attached hydrogens (tertiary/aromatic N) is 1. The Morgan fingerprint density at radius 3 is 1.22 bits per heavy atom. The van der Waals surface area contributed by atoms with E-state index in [0.29, 0.717) is 0 Å². The third kappa shape index (κ3) is 6.64. The Morgan fingerprint density at radius 2 is 0.833 bits per heavy atom. The lowest BCUT2D eigenvalue weighted by molar-refractivity contribution is -2.00. The molecule has 0 fully saturated rings. The molecule has 0 atom stereocenters. The van der Waals surface area contributed by atoms with Crippen LogP contribution < -0.4 is 23.2 Å². The van der Waals surface area contributed by atoms with Crippen molar-refractivity contribution in [2.24, 2.45) is 0 Å². The summed E-state index contributed by atoms with van der Waals surface area (Å²) in [5, 5.41) is 0. The van der Waals surface area contributed by atoms with Crippen molar-refractivity contribution in [1.82, 2.24) is 0 Å². The van der Waals surface area contributed by atoms with Gasteiger partial charge in [-0.05, 0) is 42.3 Å². The molecule has 0 saturated carbocycles.